The van der Waals surface area contributed by atoms with E-state index in [9.17, 15) is 0 Å². The maximum atomic E-state index is 4.13. The van der Waals surface area contributed by atoms with Gasteiger partial charge in [-0.15, -0.1) is 5.10 Å². The normalized spacial score (nSPS) is 11.6. The van der Waals surface area contributed by atoms with Crippen molar-refractivity contribution in [1.82, 2.24) is 19.8 Å². The Morgan fingerprint density at radius 2 is 2.18 bits per heavy atom. The van der Waals surface area contributed by atoms with Gasteiger partial charge in [0, 0.05) is 19.6 Å². The molecule has 1 aromatic heterocycles. The van der Waals surface area contributed by atoms with Crippen LogP contribution in [-0.4, -0.2) is 41.2 Å². The van der Waals surface area contributed by atoms with Gasteiger partial charge in [0.25, 0.3) is 0 Å². The molecule has 5 heteroatoms. The predicted octanol–water partition coefficient (Wildman–Crippen LogP) is 1.78. The fraction of sp³-hybridized carbons (Fsp3) is 0.833. The van der Waals surface area contributed by atoms with E-state index in [2.05, 4.69) is 47.6 Å². The Hall–Kier alpha value is -0.520. The van der Waals surface area contributed by atoms with Gasteiger partial charge >= 0.3 is 0 Å². The summed E-state index contributed by atoms with van der Waals surface area (Å²) in [4.78, 5) is 3.63. The molecule has 1 N–H and O–H groups in total. The van der Waals surface area contributed by atoms with Gasteiger partial charge in [-0.3, -0.25) is 4.90 Å². The van der Waals surface area contributed by atoms with Crippen molar-refractivity contribution in [1.29, 1.82) is 0 Å². The fourth-order valence-corrected chi connectivity index (χ4v) is 2.41. The molecule has 0 aliphatic carbocycles. The summed E-state index contributed by atoms with van der Waals surface area (Å²) < 4.78 is 4.02. The first-order valence-electron chi connectivity index (χ1n) is 6.32. The van der Waals surface area contributed by atoms with Gasteiger partial charge in [0.15, 0.2) is 0 Å². The summed E-state index contributed by atoms with van der Waals surface area (Å²) in [7, 11) is 2.15. The van der Waals surface area contributed by atoms with E-state index in [1.165, 1.54) is 16.4 Å². The van der Waals surface area contributed by atoms with E-state index in [-0.39, 0.29) is 0 Å². The lowest BCUT2D eigenvalue weighted by atomic mass is 10.2. The smallest absolute Gasteiger partial charge is 0.0798 e. The van der Waals surface area contributed by atoms with Crippen molar-refractivity contribution in [3.8, 4) is 0 Å². The van der Waals surface area contributed by atoms with Gasteiger partial charge in [-0.1, -0.05) is 25.3 Å². The van der Waals surface area contributed by atoms with Gasteiger partial charge in [0.1, 0.15) is 0 Å². The molecule has 4 nitrogen and oxygen atoms in total. The second-order valence-corrected chi connectivity index (χ2v) is 5.67. The molecule has 0 bridgehead atoms. The molecule has 0 spiro atoms. The number of hydrogen-bond acceptors (Lipinski definition) is 5. The Labute approximate surface area is 109 Å². The van der Waals surface area contributed by atoms with Crippen molar-refractivity contribution in [3.05, 3.63) is 10.6 Å². The number of likely N-dealkylation sites (N-methyl/N-ethyl adjacent to an activating group) is 1. The Bertz CT molecular complexity index is 311. The number of aryl methyl sites for hydroxylation is 1. The van der Waals surface area contributed by atoms with Crippen molar-refractivity contribution >= 4 is 11.5 Å². The fourth-order valence-electron chi connectivity index (χ4n) is 1.60. The van der Waals surface area contributed by atoms with Gasteiger partial charge in [-0.2, -0.15) is 0 Å². The maximum Gasteiger partial charge on any atom is 0.0798 e. The zero-order valence-corrected chi connectivity index (χ0v) is 12.2. The highest BCUT2D eigenvalue weighted by Gasteiger charge is 2.08. The highest BCUT2D eigenvalue weighted by Crippen LogP contribution is 2.12. The molecule has 1 aromatic rings. The minimum absolute atomic E-state index is 0.720. The first-order valence-corrected chi connectivity index (χ1v) is 7.10. The van der Waals surface area contributed by atoms with Crippen LogP contribution >= 0.6 is 11.5 Å². The third-order valence-electron chi connectivity index (χ3n) is 2.61. The van der Waals surface area contributed by atoms with E-state index in [0.717, 1.165) is 44.2 Å². The van der Waals surface area contributed by atoms with Crippen LogP contribution in [0.1, 0.15) is 31.3 Å². The largest absolute Gasteiger partial charge is 0.315 e. The molecular formula is C12H24N4S. The molecule has 0 saturated carbocycles. The van der Waals surface area contributed by atoms with Crippen LogP contribution in [-0.2, 0) is 13.0 Å². The molecule has 0 aliphatic rings. The average molecular weight is 256 g/mol. The highest BCUT2D eigenvalue weighted by atomic mass is 32.1. The number of rotatable bonds is 8. The summed E-state index contributed by atoms with van der Waals surface area (Å²) in [5.74, 6) is 0.720. The number of nitrogens with zero attached hydrogens (tertiary/aromatic N) is 3. The van der Waals surface area contributed by atoms with Gasteiger partial charge in [0.2, 0.25) is 0 Å². The predicted molar refractivity (Wildman–Crippen MR) is 73.3 cm³/mol. The van der Waals surface area contributed by atoms with E-state index < -0.39 is 0 Å². The summed E-state index contributed by atoms with van der Waals surface area (Å²) in [5.41, 5.74) is 1.15. The highest BCUT2D eigenvalue weighted by molar-refractivity contribution is 7.05. The van der Waals surface area contributed by atoms with Crippen LogP contribution in [0.5, 0.6) is 0 Å². The van der Waals surface area contributed by atoms with Crippen LogP contribution in [0.2, 0.25) is 0 Å². The molecule has 0 saturated heterocycles. The Morgan fingerprint density at radius 3 is 2.82 bits per heavy atom. The standard InChI is InChI=1S/C12H24N4S/c1-5-11-12(17-15-14-11)9-16(4)7-6-13-8-10(2)3/h10,13H,5-9H2,1-4H3. The molecule has 17 heavy (non-hydrogen) atoms. The minimum Gasteiger partial charge on any atom is -0.315 e. The molecule has 1 heterocycles. The van der Waals surface area contributed by atoms with Gasteiger partial charge in [-0.05, 0) is 37.5 Å². The zero-order valence-electron chi connectivity index (χ0n) is 11.4. The zero-order chi connectivity index (χ0) is 12.7. The minimum atomic E-state index is 0.720. The van der Waals surface area contributed by atoms with Crippen LogP contribution in [0, 0.1) is 5.92 Å². The third-order valence-corrected chi connectivity index (χ3v) is 3.35. The second kappa shape index (κ2) is 7.74. The van der Waals surface area contributed by atoms with Crippen LogP contribution in [0.4, 0.5) is 0 Å². The van der Waals surface area contributed by atoms with Crippen molar-refractivity contribution in [2.45, 2.75) is 33.7 Å². The molecule has 0 radical (unpaired) electrons. The molecular weight excluding hydrogens is 232 g/mol. The first-order chi connectivity index (χ1) is 8.13. The lowest BCUT2D eigenvalue weighted by Crippen LogP contribution is -2.30. The summed E-state index contributed by atoms with van der Waals surface area (Å²) in [6, 6.07) is 0. The van der Waals surface area contributed by atoms with E-state index in [4.69, 9.17) is 0 Å². The van der Waals surface area contributed by atoms with Crippen molar-refractivity contribution in [2.24, 2.45) is 5.92 Å². The van der Waals surface area contributed by atoms with Gasteiger partial charge < -0.3 is 5.32 Å². The number of aromatic nitrogens is 2. The first kappa shape index (κ1) is 14.5. The molecule has 0 aromatic carbocycles. The topological polar surface area (TPSA) is 41.1 Å². The Balaban J connectivity index is 2.23. The lowest BCUT2D eigenvalue weighted by molar-refractivity contribution is 0.323. The average Bonchev–Trinajstić information content (AvgIpc) is 2.71. The van der Waals surface area contributed by atoms with Crippen LogP contribution in [0.15, 0.2) is 0 Å². The number of nitrogens with one attached hydrogen (secondary N) is 1. The van der Waals surface area contributed by atoms with Gasteiger partial charge in [0.05, 0.1) is 10.6 Å². The Kier molecular flexibility index (Phi) is 6.62. The summed E-state index contributed by atoms with van der Waals surface area (Å²) >= 11 is 1.52. The maximum absolute atomic E-state index is 4.13. The third kappa shape index (κ3) is 5.57. The monoisotopic (exact) mass is 256 g/mol. The van der Waals surface area contributed by atoms with Crippen molar-refractivity contribution in [2.75, 3.05) is 26.7 Å². The molecule has 98 valence electrons. The quantitative estimate of drug-likeness (QED) is 0.720. The molecule has 0 fully saturated rings. The van der Waals surface area contributed by atoms with Crippen LogP contribution in [0.3, 0.4) is 0 Å². The molecule has 0 unspecified atom stereocenters. The lowest BCUT2D eigenvalue weighted by Gasteiger charge is -2.16. The van der Waals surface area contributed by atoms with E-state index in [1.54, 1.807) is 0 Å². The molecule has 0 aliphatic heterocycles. The van der Waals surface area contributed by atoms with Crippen LogP contribution < -0.4 is 5.32 Å². The molecule has 0 amide bonds. The summed E-state index contributed by atoms with van der Waals surface area (Å²) in [6.45, 7) is 10.8. The molecule has 1 rings (SSSR count). The second-order valence-electron chi connectivity index (χ2n) is 4.83. The SMILES string of the molecule is CCc1nnsc1CN(C)CCNCC(C)C. The number of hydrogen-bond donors (Lipinski definition) is 1. The molecule has 0 atom stereocenters. The van der Waals surface area contributed by atoms with Crippen molar-refractivity contribution in [3.63, 3.8) is 0 Å². The Morgan fingerprint density at radius 1 is 1.41 bits per heavy atom. The van der Waals surface area contributed by atoms with E-state index in [1.807, 2.05) is 0 Å². The van der Waals surface area contributed by atoms with Crippen molar-refractivity contribution < 1.29 is 0 Å². The van der Waals surface area contributed by atoms with E-state index >= 15 is 0 Å². The van der Waals surface area contributed by atoms with Gasteiger partial charge in [-0.25, -0.2) is 0 Å². The van der Waals surface area contributed by atoms with Crippen LogP contribution in [0.25, 0.3) is 0 Å². The van der Waals surface area contributed by atoms with E-state index in [0.29, 0.717) is 0 Å². The summed E-state index contributed by atoms with van der Waals surface area (Å²) in [6.07, 6.45) is 0.977. The summed E-state index contributed by atoms with van der Waals surface area (Å²) in [5, 5.41) is 7.59.